The van der Waals surface area contributed by atoms with Crippen LogP contribution >= 0.6 is 11.3 Å². The van der Waals surface area contributed by atoms with Crippen LogP contribution in [0.2, 0.25) is 0 Å². The summed E-state index contributed by atoms with van der Waals surface area (Å²) in [6.45, 7) is 1.98. The van der Waals surface area contributed by atoms with Crippen LogP contribution in [0.25, 0.3) is 21.3 Å². The molecule has 1 unspecified atom stereocenters. The summed E-state index contributed by atoms with van der Waals surface area (Å²) in [4.78, 5) is 32.9. The molecule has 2 heterocycles. The summed E-state index contributed by atoms with van der Waals surface area (Å²) in [6, 6.07) is 8.59. The van der Waals surface area contributed by atoms with Crippen LogP contribution < -0.4 is 11.1 Å². The number of primary amides is 1. The molecule has 0 bridgehead atoms. The first-order valence-electron chi connectivity index (χ1n) is 7.54. The summed E-state index contributed by atoms with van der Waals surface area (Å²) in [5, 5.41) is 12.9. The number of fused-ring (bicyclic) bond motifs is 1. The number of carbonyl (C=O) groups is 2. The van der Waals surface area contributed by atoms with E-state index in [9.17, 15) is 14.7 Å². The highest BCUT2D eigenvalue weighted by atomic mass is 32.1. The van der Waals surface area contributed by atoms with Crippen molar-refractivity contribution in [3.05, 3.63) is 41.5 Å². The lowest BCUT2D eigenvalue weighted by Crippen LogP contribution is -2.34. The fourth-order valence-corrected chi connectivity index (χ4v) is 3.69. The van der Waals surface area contributed by atoms with E-state index in [0.29, 0.717) is 5.82 Å². The van der Waals surface area contributed by atoms with Crippen LogP contribution in [-0.2, 0) is 9.59 Å². The maximum Gasteiger partial charge on any atom is 0.326 e. The van der Waals surface area contributed by atoms with E-state index in [1.54, 1.807) is 0 Å². The van der Waals surface area contributed by atoms with E-state index in [1.165, 1.54) is 17.7 Å². The minimum atomic E-state index is -1.17. The Morgan fingerprint density at radius 1 is 1.28 bits per heavy atom. The number of aliphatic carboxylic acids is 1. The number of benzene rings is 1. The predicted molar refractivity (Wildman–Crippen MR) is 96.4 cm³/mol. The van der Waals surface area contributed by atoms with Gasteiger partial charge in [-0.05, 0) is 12.5 Å². The van der Waals surface area contributed by atoms with E-state index in [0.717, 1.165) is 26.2 Å². The minimum absolute atomic E-state index is 0.329. The number of nitrogens with zero attached hydrogens (tertiary/aromatic N) is 2. The average molecular weight is 356 g/mol. The Morgan fingerprint density at radius 2 is 2.00 bits per heavy atom. The molecule has 1 atom stereocenters. The number of carboxylic acid groups (broad SMARTS) is 1. The number of carboxylic acids is 1. The van der Waals surface area contributed by atoms with Crippen LogP contribution in [0.5, 0.6) is 0 Å². The van der Waals surface area contributed by atoms with Gasteiger partial charge in [0.05, 0.1) is 11.8 Å². The van der Waals surface area contributed by atoms with Crippen LogP contribution in [-0.4, -0.2) is 33.0 Å². The number of amides is 1. The van der Waals surface area contributed by atoms with E-state index in [2.05, 4.69) is 15.3 Å². The molecule has 25 heavy (non-hydrogen) atoms. The standard InChI is InChI=1S/C17H16N4O3S/c1-9-13(10-5-3-2-4-6-10)14-15(19-8-20-16(14)25-9)21-11(17(23)24)7-12(18)22/h2-6,8,11H,7H2,1H3,(H2,18,22)(H,23,24)(H,19,20,21). The SMILES string of the molecule is Cc1sc2ncnc(NC(CC(N)=O)C(=O)O)c2c1-c1ccccc1. The highest BCUT2D eigenvalue weighted by molar-refractivity contribution is 7.19. The first-order valence-corrected chi connectivity index (χ1v) is 8.36. The smallest absolute Gasteiger partial charge is 0.326 e. The number of thiophene rings is 1. The molecule has 2 aromatic heterocycles. The molecular formula is C17H16N4O3S. The molecule has 0 saturated carbocycles. The fraction of sp³-hybridized carbons (Fsp3) is 0.176. The highest BCUT2D eigenvalue weighted by Gasteiger charge is 2.23. The molecule has 0 saturated heterocycles. The number of rotatable bonds is 6. The summed E-state index contributed by atoms with van der Waals surface area (Å²) in [7, 11) is 0. The molecule has 0 aliphatic heterocycles. The fourth-order valence-electron chi connectivity index (χ4n) is 2.67. The summed E-state index contributed by atoms with van der Waals surface area (Å²) in [5.41, 5.74) is 7.09. The van der Waals surface area contributed by atoms with E-state index in [4.69, 9.17) is 5.73 Å². The van der Waals surface area contributed by atoms with Gasteiger partial charge in [-0.25, -0.2) is 14.8 Å². The predicted octanol–water partition coefficient (Wildman–Crippen LogP) is 2.41. The van der Waals surface area contributed by atoms with Crippen molar-refractivity contribution in [1.82, 2.24) is 9.97 Å². The zero-order chi connectivity index (χ0) is 18.0. The number of nitrogens with two attached hydrogens (primary N) is 1. The quantitative estimate of drug-likeness (QED) is 0.624. The second-order valence-electron chi connectivity index (χ2n) is 5.51. The summed E-state index contributed by atoms with van der Waals surface area (Å²) in [6.07, 6.45) is 1.04. The molecule has 128 valence electrons. The van der Waals surface area contributed by atoms with Gasteiger partial charge in [0, 0.05) is 10.4 Å². The van der Waals surface area contributed by atoms with Crippen molar-refractivity contribution in [3.8, 4) is 11.1 Å². The summed E-state index contributed by atoms with van der Waals surface area (Å²) in [5.74, 6) is -1.49. The van der Waals surface area contributed by atoms with Gasteiger partial charge in [0.2, 0.25) is 5.91 Å². The van der Waals surface area contributed by atoms with E-state index in [-0.39, 0.29) is 6.42 Å². The lowest BCUT2D eigenvalue weighted by molar-refractivity contribution is -0.139. The Labute approximate surface area is 147 Å². The first kappa shape index (κ1) is 16.8. The molecular weight excluding hydrogens is 340 g/mol. The molecule has 0 fully saturated rings. The Bertz CT molecular complexity index is 940. The molecule has 0 aliphatic carbocycles. The molecule has 4 N–H and O–H groups in total. The third kappa shape index (κ3) is 3.43. The van der Waals surface area contributed by atoms with Crippen molar-refractivity contribution in [2.45, 2.75) is 19.4 Å². The maximum atomic E-state index is 11.4. The van der Waals surface area contributed by atoms with Crippen LogP contribution in [0.15, 0.2) is 36.7 Å². The van der Waals surface area contributed by atoms with Gasteiger partial charge in [0.1, 0.15) is 23.0 Å². The largest absolute Gasteiger partial charge is 0.480 e. The number of carbonyl (C=O) groups excluding carboxylic acids is 1. The molecule has 3 rings (SSSR count). The first-order chi connectivity index (χ1) is 12.0. The Kier molecular flexibility index (Phi) is 4.62. The van der Waals surface area contributed by atoms with Gasteiger partial charge < -0.3 is 16.2 Å². The summed E-state index contributed by atoms with van der Waals surface area (Å²) >= 11 is 1.51. The minimum Gasteiger partial charge on any atom is -0.480 e. The number of anilines is 1. The molecule has 7 nitrogen and oxygen atoms in total. The van der Waals surface area contributed by atoms with Crippen LogP contribution in [0, 0.1) is 6.92 Å². The molecule has 0 spiro atoms. The second-order valence-corrected chi connectivity index (χ2v) is 6.71. The van der Waals surface area contributed by atoms with Crippen molar-refractivity contribution in [3.63, 3.8) is 0 Å². The van der Waals surface area contributed by atoms with Crippen molar-refractivity contribution >= 4 is 39.2 Å². The number of hydrogen-bond acceptors (Lipinski definition) is 6. The topological polar surface area (TPSA) is 118 Å². The third-order valence-electron chi connectivity index (χ3n) is 3.74. The van der Waals surface area contributed by atoms with Gasteiger partial charge in [0.15, 0.2) is 0 Å². The third-order valence-corrected chi connectivity index (χ3v) is 4.75. The molecule has 0 aliphatic rings. The van der Waals surface area contributed by atoms with Gasteiger partial charge in [-0.2, -0.15) is 0 Å². The zero-order valence-electron chi connectivity index (χ0n) is 13.4. The monoisotopic (exact) mass is 356 g/mol. The Balaban J connectivity index is 2.13. The van der Waals surface area contributed by atoms with Gasteiger partial charge in [-0.15, -0.1) is 11.3 Å². The van der Waals surface area contributed by atoms with Gasteiger partial charge >= 0.3 is 5.97 Å². The molecule has 3 aromatic rings. The van der Waals surface area contributed by atoms with Gasteiger partial charge in [0.25, 0.3) is 0 Å². The van der Waals surface area contributed by atoms with Gasteiger partial charge in [-0.3, -0.25) is 4.79 Å². The number of hydrogen-bond donors (Lipinski definition) is 3. The Morgan fingerprint density at radius 3 is 2.64 bits per heavy atom. The zero-order valence-corrected chi connectivity index (χ0v) is 14.2. The van der Waals surface area contributed by atoms with E-state index >= 15 is 0 Å². The maximum absolute atomic E-state index is 11.4. The lowest BCUT2D eigenvalue weighted by Gasteiger charge is -2.14. The van der Waals surface area contributed by atoms with Crippen LogP contribution in [0.3, 0.4) is 0 Å². The van der Waals surface area contributed by atoms with Crippen LogP contribution in [0.1, 0.15) is 11.3 Å². The van der Waals surface area contributed by atoms with Crippen LogP contribution in [0.4, 0.5) is 5.82 Å². The molecule has 1 amide bonds. The number of aromatic nitrogens is 2. The lowest BCUT2D eigenvalue weighted by atomic mass is 10.0. The molecule has 8 heteroatoms. The molecule has 0 radical (unpaired) electrons. The summed E-state index contributed by atoms with van der Waals surface area (Å²) < 4.78 is 0. The second kappa shape index (κ2) is 6.86. The van der Waals surface area contributed by atoms with Crippen molar-refractivity contribution in [2.75, 3.05) is 5.32 Å². The molecule has 1 aromatic carbocycles. The average Bonchev–Trinajstić information content (AvgIpc) is 2.91. The number of aryl methyl sites for hydroxylation is 1. The Hall–Kier alpha value is -3.00. The van der Waals surface area contributed by atoms with Crippen molar-refractivity contribution in [2.24, 2.45) is 5.73 Å². The normalized spacial score (nSPS) is 12.0. The van der Waals surface area contributed by atoms with Crippen molar-refractivity contribution in [1.29, 1.82) is 0 Å². The van der Waals surface area contributed by atoms with E-state index in [1.807, 2.05) is 37.3 Å². The van der Waals surface area contributed by atoms with Crippen molar-refractivity contribution < 1.29 is 14.7 Å². The van der Waals surface area contributed by atoms with E-state index < -0.39 is 17.9 Å². The highest BCUT2D eigenvalue weighted by Crippen LogP contribution is 2.40. The van der Waals surface area contributed by atoms with Gasteiger partial charge in [-0.1, -0.05) is 30.3 Å². The number of nitrogens with one attached hydrogen (secondary N) is 1.